The van der Waals surface area contributed by atoms with Crippen LogP contribution in [0.4, 0.5) is 0 Å². The van der Waals surface area contributed by atoms with E-state index < -0.39 is 0 Å². The Morgan fingerprint density at radius 1 is 1.03 bits per heavy atom. The van der Waals surface area contributed by atoms with Crippen LogP contribution in [0.3, 0.4) is 0 Å². The standard InChI is InChI=1S/C22H21N5O2S/c1-2-29-18-10-8-17(9-11-18)19-12-13-20-24-25-22(27(20)26-19)30-15-21(28)23-14-16-6-4-3-5-7-16/h3-13H,2,14-15H2,1H3,(H,23,28). The fourth-order valence-electron chi connectivity index (χ4n) is 2.88. The fraction of sp³-hybridized carbons (Fsp3) is 0.182. The van der Waals surface area contributed by atoms with Gasteiger partial charge in [-0.15, -0.1) is 10.2 Å². The molecule has 2 aromatic heterocycles. The second-order valence-electron chi connectivity index (χ2n) is 6.48. The molecule has 152 valence electrons. The number of fused-ring (bicyclic) bond motifs is 1. The number of nitrogens with zero attached hydrogens (tertiary/aromatic N) is 4. The summed E-state index contributed by atoms with van der Waals surface area (Å²) in [5, 5.41) is 16.5. The summed E-state index contributed by atoms with van der Waals surface area (Å²) in [7, 11) is 0. The molecule has 0 aliphatic heterocycles. The van der Waals surface area contributed by atoms with E-state index in [4.69, 9.17) is 4.74 Å². The van der Waals surface area contributed by atoms with Gasteiger partial charge in [0, 0.05) is 12.1 Å². The highest BCUT2D eigenvalue weighted by Gasteiger charge is 2.12. The molecule has 0 spiro atoms. The van der Waals surface area contributed by atoms with E-state index in [-0.39, 0.29) is 11.7 Å². The summed E-state index contributed by atoms with van der Waals surface area (Å²) in [6, 6.07) is 21.3. The average Bonchev–Trinajstić information content (AvgIpc) is 3.20. The molecule has 0 atom stereocenters. The van der Waals surface area contributed by atoms with Crippen molar-refractivity contribution < 1.29 is 9.53 Å². The van der Waals surface area contributed by atoms with Gasteiger partial charge in [0.1, 0.15) is 5.75 Å². The topological polar surface area (TPSA) is 81.4 Å². The highest BCUT2D eigenvalue weighted by Crippen LogP contribution is 2.23. The maximum Gasteiger partial charge on any atom is 0.230 e. The first-order valence-corrected chi connectivity index (χ1v) is 10.6. The average molecular weight is 420 g/mol. The normalized spacial score (nSPS) is 10.8. The number of carbonyl (C=O) groups is 1. The predicted octanol–water partition coefficient (Wildman–Crippen LogP) is 3.60. The molecule has 0 saturated carbocycles. The molecule has 4 aromatic rings. The van der Waals surface area contributed by atoms with Gasteiger partial charge < -0.3 is 10.1 Å². The molecule has 7 nitrogen and oxygen atoms in total. The van der Waals surface area contributed by atoms with Gasteiger partial charge in [-0.3, -0.25) is 4.79 Å². The second-order valence-corrected chi connectivity index (χ2v) is 7.42. The van der Waals surface area contributed by atoms with Gasteiger partial charge in [0.15, 0.2) is 5.65 Å². The highest BCUT2D eigenvalue weighted by atomic mass is 32.2. The van der Waals surface area contributed by atoms with Crippen molar-refractivity contribution in [3.05, 3.63) is 72.3 Å². The van der Waals surface area contributed by atoms with Gasteiger partial charge in [-0.1, -0.05) is 42.1 Å². The van der Waals surface area contributed by atoms with E-state index in [1.54, 1.807) is 4.52 Å². The van der Waals surface area contributed by atoms with Crippen LogP contribution in [0.15, 0.2) is 71.9 Å². The summed E-state index contributed by atoms with van der Waals surface area (Å²) < 4.78 is 7.16. The van der Waals surface area contributed by atoms with Crippen molar-refractivity contribution in [2.24, 2.45) is 0 Å². The number of benzene rings is 2. The number of carbonyl (C=O) groups excluding carboxylic acids is 1. The van der Waals surface area contributed by atoms with E-state index in [1.165, 1.54) is 11.8 Å². The number of ether oxygens (including phenoxy) is 1. The molecule has 0 bridgehead atoms. The number of rotatable bonds is 8. The zero-order valence-electron chi connectivity index (χ0n) is 16.5. The first-order valence-electron chi connectivity index (χ1n) is 9.62. The van der Waals surface area contributed by atoms with Crippen LogP contribution in [0.5, 0.6) is 5.75 Å². The summed E-state index contributed by atoms with van der Waals surface area (Å²) in [5.41, 5.74) is 3.45. The molecule has 0 fully saturated rings. The summed E-state index contributed by atoms with van der Waals surface area (Å²) >= 11 is 1.31. The molecule has 0 aliphatic carbocycles. The van der Waals surface area contributed by atoms with Gasteiger partial charge in [0.25, 0.3) is 0 Å². The Balaban J connectivity index is 1.43. The second kappa shape index (κ2) is 9.41. The van der Waals surface area contributed by atoms with Gasteiger partial charge in [0.2, 0.25) is 11.1 Å². The fourth-order valence-corrected chi connectivity index (χ4v) is 3.60. The van der Waals surface area contributed by atoms with Gasteiger partial charge >= 0.3 is 0 Å². The monoisotopic (exact) mass is 419 g/mol. The lowest BCUT2D eigenvalue weighted by Gasteiger charge is -2.06. The summed E-state index contributed by atoms with van der Waals surface area (Å²) in [4.78, 5) is 12.2. The lowest BCUT2D eigenvalue weighted by atomic mass is 10.1. The lowest BCUT2D eigenvalue weighted by Crippen LogP contribution is -2.24. The van der Waals surface area contributed by atoms with Crippen LogP contribution < -0.4 is 10.1 Å². The van der Waals surface area contributed by atoms with E-state index >= 15 is 0 Å². The third-order valence-corrected chi connectivity index (χ3v) is 5.28. The molecule has 4 rings (SSSR count). The molecule has 0 radical (unpaired) electrons. The molecule has 2 heterocycles. The van der Waals surface area contributed by atoms with E-state index in [2.05, 4.69) is 20.6 Å². The minimum atomic E-state index is -0.0664. The van der Waals surface area contributed by atoms with Crippen LogP contribution in [-0.4, -0.2) is 38.1 Å². The van der Waals surface area contributed by atoms with Crippen LogP contribution in [0, 0.1) is 0 Å². The SMILES string of the molecule is CCOc1ccc(-c2ccc3nnc(SCC(=O)NCc4ccccc4)n3n2)cc1. The quantitative estimate of drug-likeness (QED) is 0.440. The van der Waals surface area contributed by atoms with Gasteiger partial charge in [-0.2, -0.15) is 9.61 Å². The molecule has 30 heavy (non-hydrogen) atoms. The molecule has 0 unspecified atom stereocenters. The first-order chi connectivity index (χ1) is 14.7. The van der Waals surface area contributed by atoms with E-state index in [0.717, 1.165) is 22.6 Å². The number of hydrogen-bond acceptors (Lipinski definition) is 6. The molecule has 0 aliphatic rings. The zero-order valence-corrected chi connectivity index (χ0v) is 17.3. The van der Waals surface area contributed by atoms with Crippen molar-refractivity contribution in [2.45, 2.75) is 18.6 Å². The van der Waals surface area contributed by atoms with Crippen molar-refractivity contribution >= 4 is 23.3 Å². The first kappa shape index (κ1) is 19.9. The predicted molar refractivity (Wildman–Crippen MR) is 116 cm³/mol. The van der Waals surface area contributed by atoms with Gasteiger partial charge in [0.05, 0.1) is 18.1 Å². The lowest BCUT2D eigenvalue weighted by molar-refractivity contribution is -0.118. The number of hydrogen-bond donors (Lipinski definition) is 1. The van der Waals surface area contributed by atoms with Crippen molar-refractivity contribution in [1.29, 1.82) is 0 Å². The molecule has 8 heteroatoms. The maximum atomic E-state index is 12.2. The Labute approximate surface area is 178 Å². The summed E-state index contributed by atoms with van der Waals surface area (Å²) in [6.45, 7) is 3.08. The minimum absolute atomic E-state index is 0.0664. The Bertz CT molecular complexity index is 1130. The van der Waals surface area contributed by atoms with Crippen LogP contribution in [0.1, 0.15) is 12.5 Å². The van der Waals surface area contributed by atoms with Crippen molar-refractivity contribution in [3.8, 4) is 17.0 Å². The maximum absolute atomic E-state index is 12.2. The number of aromatic nitrogens is 4. The number of nitrogens with one attached hydrogen (secondary N) is 1. The van der Waals surface area contributed by atoms with Crippen LogP contribution in [0.2, 0.25) is 0 Å². The van der Waals surface area contributed by atoms with Crippen molar-refractivity contribution in [2.75, 3.05) is 12.4 Å². The minimum Gasteiger partial charge on any atom is -0.494 e. The largest absolute Gasteiger partial charge is 0.494 e. The zero-order chi connectivity index (χ0) is 20.8. The van der Waals surface area contributed by atoms with Crippen LogP contribution in [-0.2, 0) is 11.3 Å². The van der Waals surface area contributed by atoms with E-state index in [1.807, 2.05) is 73.7 Å². The molecular formula is C22H21N5O2S. The Morgan fingerprint density at radius 3 is 2.60 bits per heavy atom. The number of thioether (sulfide) groups is 1. The smallest absolute Gasteiger partial charge is 0.230 e. The molecular weight excluding hydrogens is 398 g/mol. The highest BCUT2D eigenvalue weighted by molar-refractivity contribution is 7.99. The van der Waals surface area contributed by atoms with Crippen LogP contribution >= 0.6 is 11.8 Å². The summed E-state index contributed by atoms with van der Waals surface area (Å²) in [6.07, 6.45) is 0. The van der Waals surface area contributed by atoms with Crippen molar-refractivity contribution in [3.63, 3.8) is 0 Å². The molecule has 1 N–H and O–H groups in total. The Kier molecular flexibility index (Phi) is 6.24. The van der Waals surface area contributed by atoms with Crippen molar-refractivity contribution in [1.82, 2.24) is 25.1 Å². The van der Waals surface area contributed by atoms with Gasteiger partial charge in [-0.25, -0.2) is 0 Å². The van der Waals surface area contributed by atoms with Crippen LogP contribution in [0.25, 0.3) is 16.9 Å². The Hall–Kier alpha value is -3.39. The molecule has 2 aromatic carbocycles. The Morgan fingerprint density at radius 2 is 1.83 bits per heavy atom. The molecule has 0 saturated heterocycles. The van der Waals surface area contributed by atoms with Gasteiger partial charge in [-0.05, 0) is 48.9 Å². The molecule has 1 amide bonds. The third-order valence-electron chi connectivity index (χ3n) is 4.36. The summed E-state index contributed by atoms with van der Waals surface area (Å²) in [5.74, 6) is 0.996. The van der Waals surface area contributed by atoms with E-state index in [0.29, 0.717) is 24.0 Å². The number of amides is 1. The van der Waals surface area contributed by atoms with E-state index in [9.17, 15) is 4.79 Å². The third kappa shape index (κ3) is 4.77.